The van der Waals surface area contributed by atoms with Crippen molar-refractivity contribution in [3.05, 3.63) is 35.9 Å². The van der Waals surface area contributed by atoms with Crippen molar-refractivity contribution in [2.24, 2.45) is 5.92 Å². The number of amides is 2. The molecule has 3 unspecified atom stereocenters. The summed E-state index contributed by atoms with van der Waals surface area (Å²) in [5, 5.41) is 2.79. The van der Waals surface area contributed by atoms with Gasteiger partial charge in [0.05, 0.1) is 0 Å². The second-order valence-electron chi connectivity index (χ2n) is 7.59. The number of carbonyl (C=O) groups excluding carboxylic acids is 2. The predicted octanol–water partition coefficient (Wildman–Crippen LogP) is 1.40. The molecule has 3 rings (SSSR count). The molecule has 1 aromatic rings. The van der Waals surface area contributed by atoms with Gasteiger partial charge < -0.3 is 10.2 Å². The molecule has 3 atom stereocenters. The van der Waals surface area contributed by atoms with E-state index in [4.69, 9.17) is 0 Å². The number of benzene rings is 1. The van der Waals surface area contributed by atoms with Crippen LogP contribution >= 0.6 is 0 Å². The average Bonchev–Trinajstić information content (AvgIpc) is 3.11. The molecule has 6 heteroatoms. The number of hydrogen-bond donors (Lipinski definition) is 3. The van der Waals surface area contributed by atoms with E-state index in [0.717, 1.165) is 32.5 Å². The van der Waals surface area contributed by atoms with Crippen LogP contribution in [-0.4, -0.2) is 48.4 Å². The number of hydrazine groups is 1. The molecule has 0 bridgehead atoms. The summed E-state index contributed by atoms with van der Waals surface area (Å²) in [5.74, 6) is 1.09. The van der Waals surface area contributed by atoms with Gasteiger partial charge in [-0.25, -0.2) is 0 Å². The highest BCUT2D eigenvalue weighted by Crippen LogP contribution is 2.32. The number of hydrogen-bond acceptors (Lipinski definition) is 4. The van der Waals surface area contributed by atoms with Crippen LogP contribution in [-0.2, 0) is 9.59 Å². The van der Waals surface area contributed by atoms with E-state index in [1.807, 2.05) is 11.8 Å². The zero-order valence-electron chi connectivity index (χ0n) is 15.7. The summed E-state index contributed by atoms with van der Waals surface area (Å²) in [6.45, 7) is 5.91. The molecule has 2 saturated heterocycles. The molecule has 2 aliphatic heterocycles. The highest BCUT2D eigenvalue weighted by atomic mass is 16.2. The number of carbonyl (C=O) groups is 2. The van der Waals surface area contributed by atoms with Crippen molar-refractivity contribution >= 4 is 11.8 Å². The molecule has 6 nitrogen and oxygen atoms in total. The molecule has 3 N–H and O–H groups in total. The molecule has 0 radical (unpaired) electrons. The summed E-state index contributed by atoms with van der Waals surface area (Å²) >= 11 is 0. The lowest BCUT2D eigenvalue weighted by molar-refractivity contribution is -0.133. The fourth-order valence-corrected chi connectivity index (χ4v) is 4.28. The van der Waals surface area contributed by atoms with Gasteiger partial charge in [-0.2, -0.15) is 0 Å². The standard InChI is InChI=1S/C20H30N4O2/c1-14(22-15(2)25)12-19(26)24-10-8-17(9-11-24)20-18(13-21-23-20)16-6-4-3-5-7-16/h3-7,14,17-18,20-21,23H,8-13H2,1-2H3,(H,22,25). The predicted molar refractivity (Wildman–Crippen MR) is 101 cm³/mol. The molecule has 0 aliphatic carbocycles. The van der Waals surface area contributed by atoms with Gasteiger partial charge in [0.1, 0.15) is 0 Å². The van der Waals surface area contributed by atoms with Crippen molar-refractivity contribution < 1.29 is 9.59 Å². The minimum Gasteiger partial charge on any atom is -0.353 e. The van der Waals surface area contributed by atoms with Gasteiger partial charge in [0.25, 0.3) is 0 Å². The van der Waals surface area contributed by atoms with Gasteiger partial charge in [-0.3, -0.25) is 20.4 Å². The van der Waals surface area contributed by atoms with E-state index in [1.54, 1.807) is 0 Å². The molecular weight excluding hydrogens is 328 g/mol. The molecule has 0 saturated carbocycles. The first-order chi connectivity index (χ1) is 12.5. The largest absolute Gasteiger partial charge is 0.353 e. The lowest BCUT2D eigenvalue weighted by Crippen LogP contribution is -2.47. The Morgan fingerprint density at radius 1 is 1.23 bits per heavy atom. The summed E-state index contributed by atoms with van der Waals surface area (Å²) in [4.78, 5) is 25.5. The minimum absolute atomic E-state index is 0.0873. The van der Waals surface area contributed by atoms with Crippen molar-refractivity contribution in [3.8, 4) is 0 Å². The minimum atomic E-state index is -0.110. The van der Waals surface area contributed by atoms with Crippen molar-refractivity contribution in [1.82, 2.24) is 21.1 Å². The van der Waals surface area contributed by atoms with Crippen molar-refractivity contribution in [1.29, 1.82) is 0 Å². The van der Waals surface area contributed by atoms with Crippen molar-refractivity contribution in [2.75, 3.05) is 19.6 Å². The SMILES string of the molecule is CC(=O)NC(C)CC(=O)N1CCC(C2NNCC2c2ccccc2)CC1. The van der Waals surface area contributed by atoms with Gasteiger partial charge in [-0.05, 0) is 31.2 Å². The Morgan fingerprint density at radius 2 is 1.92 bits per heavy atom. The van der Waals surface area contributed by atoms with Gasteiger partial charge >= 0.3 is 0 Å². The topological polar surface area (TPSA) is 73.5 Å². The number of likely N-dealkylation sites (tertiary alicyclic amines) is 1. The molecule has 0 spiro atoms. The number of rotatable bonds is 5. The molecule has 26 heavy (non-hydrogen) atoms. The smallest absolute Gasteiger partial charge is 0.224 e. The van der Waals surface area contributed by atoms with Crippen LogP contribution in [0.4, 0.5) is 0 Å². The van der Waals surface area contributed by atoms with Crippen LogP contribution in [0.15, 0.2) is 30.3 Å². The van der Waals surface area contributed by atoms with E-state index in [-0.39, 0.29) is 17.9 Å². The van der Waals surface area contributed by atoms with E-state index < -0.39 is 0 Å². The second-order valence-corrected chi connectivity index (χ2v) is 7.59. The Labute approximate surface area is 155 Å². The molecule has 2 amide bonds. The number of piperidine rings is 1. The molecule has 2 aliphatic rings. The van der Waals surface area contributed by atoms with Gasteiger partial charge in [0, 0.05) is 51.0 Å². The van der Waals surface area contributed by atoms with Crippen LogP contribution in [0.2, 0.25) is 0 Å². The van der Waals surface area contributed by atoms with Gasteiger partial charge in [0.15, 0.2) is 0 Å². The van der Waals surface area contributed by atoms with E-state index >= 15 is 0 Å². The second kappa shape index (κ2) is 8.64. The Kier molecular flexibility index (Phi) is 6.27. The van der Waals surface area contributed by atoms with Crippen LogP contribution < -0.4 is 16.2 Å². The van der Waals surface area contributed by atoms with Crippen LogP contribution in [0, 0.1) is 5.92 Å². The molecular formula is C20H30N4O2. The van der Waals surface area contributed by atoms with E-state index in [1.165, 1.54) is 12.5 Å². The monoisotopic (exact) mass is 358 g/mol. The van der Waals surface area contributed by atoms with Crippen LogP contribution in [0.5, 0.6) is 0 Å². The molecule has 2 heterocycles. The highest BCUT2D eigenvalue weighted by Gasteiger charge is 2.36. The van der Waals surface area contributed by atoms with E-state index in [0.29, 0.717) is 24.3 Å². The first-order valence-electron chi connectivity index (χ1n) is 9.63. The maximum atomic E-state index is 12.5. The summed E-state index contributed by atoms with van der Waals surface area (Å²) in [6, 6.07) is 11.0. The molecule has 2 fully saturated rings. The maximum absolute atomic E-state index is 12.5. The quantitative estimate of drug-likeness (QED) is 0.744. The van der Waals surface area contributed by atoms with Gasteiger partial charge in [-0.15, -0.1) is 0 Å². The summed E-state index contributed by atoms with van der Waals surface area (Å²) in [5.41, 5.74) is 8.17. The molecule has 0 aromatic heterocycles. The van der Waals surface area contributed by atoms with Crippen LogP contribution in [0.1, 0.15) is 44.6 Å². The Hall–Kier alpha value is -1.92. The first kappa shape index (κ1) is 18.9. The van der Waals surface area contributed by atoms with Gasteiger partial charge in [0.2, 0.25) is 11.8 Å². The highest BCUT2D eigenvalue weighted by molar-refractivity contribution is 5.78. The lowest BCUT2D eigenvalue weighted by Gasteiger charge is -2.37. The van der Waals surface area contributed by atoms with Crippen LogP contribution in [0.3, 0.4) is 0 Å². The summed E-state index contributed by atoms with van der Waals surface area (Å²) < 4.78 is 0. The summed E-state index contributed by atoms with van der Waals surface area (Å²) in [7, 11) is 0. The average molecular weight is 358 g/mol. The first-order valence-corrected chi connectivity index (χ1v) is 9.63. The third-order valence-electron chi connectivity index (χ3n) is 5.58. The Balaban J connectivity index is 1.52. The molecule has 1 aromatic carbocycles. The Bertz CT molecular complexity index is 613. The van der Waals surface area contributed by atoms with Gasteiger partial charge in [-0.1, -0.05) is 30.3 Å². The van der Waals surface area contributed by atoms with E-state index in [9.17, 15) is 9.59 Å². The van der Waals surface area contributed by atoms with Crippen molar-refractivity contribution in [3.63, 3.8) is 0 Å². The normalized spacial score (nSPS) is 25.1. The third kappa shape index (κ3) is 4.62. The zero-order valence-corrected chi connectivity index (χ0v) is 15.7. The van der Waals surface area contributed by atoms with Crippen LogP contribution in [0.25, 0.3) is 0 Å². The fourth-order valence-electron chi connectivity index (χ4n) is 4.28. The fraction of sp³-hybridized carbons (Fsp3) is 0.600. The third-order valence-corrected chi connectivity index (χ3v) is 5.58. The Morgan fingerprint density at radius 3 is 2.58 bits per heavy atom. The molecule has 142 valence electrons. The summed E-state index contributed by atoms with van der Waals surface area (Å²) in [6.07, 6.45) is 2.41. The maximum Gasteiger partial charge on any atom is 0.224 e. The lowest BCUT2D eigenvalue weighted by atomic mass is 9.80. The van der Waals surface area contributed by atoms with E-state index in [2.05, 4.69) is 46.5 Å². The zero-order chi connectivity index (χ0) is 18.5. The number of nitrogens with one attached hydrogen (secondary N) is 3. The van der Waals surface area contributed by atoms with Crippen molar-refractivity contribution in [2.45, 2.75) is 51.1 Å². The number of nitrogens with zero attached hydrogens (tertiary/aromatic N) is 1.